The highest BCUT2D eigenvalue weighted by molar-refractivity contribution is 7.10. The van der Waals surface area contributed by atoms with E-state index >= 15 is 0 Å². The molecule has 4 rings (SSSR count). The van der Waals surface area contributed by atoms with Crippen molar-refractivity contribution in [3.63, 3.8) is 0 Å². The van der Waals surface area contributed by atoms with Crippen LogP contribution in [-0.2, 0) is 4.74 Å². The zero-order chi connectivity index (χ0) is 13.5. The van der Waals surface area contributed by atoms with Crippen LogP contribution in [0.15, 0.2) is 47.8 Å². The van der Waals surface area contributed by atoms with Crippen LogP contribution in [0, 0.1) is 0 Å². The Labute approximate surface area is 121 Å². The molecule has 0 amide bonds. The van der Waals surface area contributed by atoms with Crippen molar-refractivity contribution in [3.8, 4) is 16.9 Å². The second-order valence-electron chi connectivity index (χ2n) is 4.91. The molecule has 1 atom stereocenters. The molecule has 0 radical (unpaired) electrons. The van der Waals surface area contributed by atoms with Crippen LogP contribution in [0.5, 0.6) is 5.75 Å². The maximum Gasteiger partial charge on any atom is 0.119 e. The molecular formula is C17H14O2S. The van der Waals surface area contributed by atoms with Crippen LogP contribution in [0.1, 0.15) is 11.0 Å². The van der Waals surface area contributed by atoms with Gasteiger partial charge in [0.25, 0.3) is 0 Å². The first-order valence-corrected chi connectivity index (χ1v) is 7.51. The van der Waals surface area contributed by atoms with E-state index in [1.165, 1.54) is 26.8 Å². The van der Waals surface area contributed by atoms with Gasteiger partial charge in [0.15, 0.2) is 0 Å². The fourth-order valence-electron chi connectivity index (χ4n) is 2.62. The summed E-state index contributed by atoms with van der Waals surface area (Å²) in [6.07, 6.45) is 0.304. The number of hydrogen-bond donors (Lipinski definition) is 0. The Kier molecular flexibility index (Phi) is 2.76. The predicted octanol–water partition coefficient (Wildman–Crippen LogP) is 4.65. The normalized spacial score (nSPS) is 17.4. The van der Waals surface area contributed by atoms with Gasteiger partial charge >= 0.3 is 0 Å². The summed E-state index contributed by atoms with van der Waals surface area (Å²) < 4.78 is 10.8. The molecule has 3 heteroatoms. The first-order chi connectivity index (χ1) is 9.86. The van der Waals surface area contributed by atoms with Gasteiger partial charge < -0.3 is 9.47 Å². The molecule has 1 aliphatic rings. The van der Waals surface area contributed by atoms with Crippen LogP contribution >= 0.6 is 11.3 Å². The van der Waals surface area contributed by atoms with Crippen molar-refractivity contribution in [2.75, 3.05) is 13.7 Å². The molecule has 1 saturated heterocycles. The smallest absolute Gasteiger partial charge is 0.119 e. The van der Waals surface area contributed by atoms with E-state index in [2.05, 4.69) is 41.8 Å². The molecule has 2 nitrogen and oxygen atoms in total. The molecule has 0 aliphatic carbocycles. The highest BCUT2D eigenvalue weighted by atomic mass is 32.1. The zero-order valence-corrected chi connectivity index (χ0v) is 11.9. The van der Waals surface area contributed by atoms with Crippen molar-refractivity contribution in [1.29, 1.82) is 0 Å². The average molecular weight is 282 g/mol. The predicted molar refractivity (Wildman–Crippen MR) is 82.5 cm³/mol. The van der Waals surface area contributed by atoms with Crippen LogP contribution in [0.3, 0.4) is 0 Å². The average Bonchev–Trinajstić information content (AvgIpc) is 3.23. The van der Waals surface area contributed by atoms with E-state index in [1.807, 2.05) is 6.07 Å². The number of thiophene rings is 1. The molecule has 1 fully saturated rings. The van der Waals surface area contributed by atoms with Gasteiger partial charge in [0, 0.05) is 4.88 Å². The van der Waals surface area contributed by atoms with E-state index in [9.17, 15) is 0 Å². The van der Waals surface area contributed by atoms with E-state index in [4.69, 9.17) is 9.47 Å². The molecule has 0 N–H and O–H groups in total. The molecule has 3 aromatic rings. The number of epoxide rings is 1. The lowest BCUT2D eigenvalue weighted by Crippen LogP contribution is -1.86. The summed E-state index contributed by atoms with van der Waals surface area (Å²) in [6, 6.07) is 14.8. The highest BCUT2D eigenvalue weighted by Gasteiger charge is 2.29. The summed E-state index contributed by atoms with van der Waals surface area (Å²) in [4.78, 5) is 1.34. The third kappa shape index (κ3) is 1.90. The molecule has 100 valence electrons. The summed E-state index contributed by atoms with van der Waals surface area (Å²) in [5.74, 6) is 0.894. The Bertz CT molecular complexity index is 772. The molecule has 20 heavy (non-hydrogen) atoms. The lowest BCUT2D eigenvalue weighted by Gasteiger charge is -2.08. The summed E-state index contributed by atoms with van der Waals surface area (Å²) in [6.45, 7) is 0.853. The highest BCUT2D eigenvalue weighted by Crippen LogP contribution is 2.42. The van der Waals surface area contributed by atoms with Gasteiger partial charge in [-0.25, -0.2) is 0 Å². The maximum atomic E-state index is 5.45. The molecule has 0 spiro atoms. The number of methoxy groups -OCH3 is 1. The fourth-order valence-corrected chi connectivity index (χ4v) is 3.56. The van der Waals surface area contributed by atoms with E-state index in [0.717, 1.165) is 12.4 Å². The van der Waals surface area contributed by atoms with E-state index in [1.54, 1.807) is 18.4 Å². The van der Waals surface area contributed by atoms with Crippen molar-refractivity contribution >= 4 is 22.1 Å². The van der Waals surface area contributed by atoms with Crippen molar-refractivity contribution in [2.24, 2.45) is 0 Å². The zero-order valence-electron chi connectivity index (χ0n) is 11.1. The van der Waals surface area contributed by atoms with Gasteiger partial charge in [0.1, 0.15) is 11.9 Å². The number of ether oxygens (including phenoxy) is 2. The fraction of sp³-hybridized carbons (Fsp3) is 0.176. The lowest BCUT2D eigenvalue weighted by atomic mass is 9.98. The van der Waals surface area contributed by atoms with Gasteiger partial charge in [-0.2, -0.15) is 0 Å². The van der Waals surface area contributed by atoms with Gasteiger partial charge in [-0.3, -0.25) is 0 Å². The first kappa shape index (κ1) is 11.9. The molecule has 1 unspecified atom stereocenters. The lowest BCUT2D eigenvalue weighted by molar-refractivity contribution is 0.415. The molecule has 0 saturated carbocycles. The summed E-state index contributed by atoms with van der Waals surface area (Å²) in [5.41, 5.74) is 2.57. The Hall–Kier alpha value is -1.84. The van der Waals surface area contributed by atoms with Crippen LogP contribution in [0.4, 0.5) is 0 Å². The second-order valence-corrected chi connectivity index (χ2v) is 5.86. The molecule has 1 aromatic heterocycles. The second kappa shape index (κ2) is 4.62. The van der Waals surface area contributed by atoms with Crippen molar-refractivity contribution in [3.05, 3.63) is 52.7 Å². The SMILES string of the molecule is COc1ccc2c(-c3ccsc3C3CO3)cccc2c1. The molecular weight excluding hydrogens is 268 g/mol. The number of rotatable bonds is 3. The molecule has 1 aliphatic heterocycles. The van der Waals surface area contributed by atoms with Gasteiger partial charge in [-0.1, -0.05) is 24.3 Å². The standard InChI is InChI=1S/C17H14O2S/c1-18-12-5-6-13-11(9-12)3-2-4-14(13)15-7-8-20-17(15)16-10-19-16/h2-9,16H,10H2,1H3. The van der Waals surface area contributed by atoms with Crippen LogP contribution in [0.2, 0.25) is 0 Å². The quantitative estimate of drug-likeness (QED) is 0.652. The van der Waals surface area contributed by atoms with Crippen molar-refractivity contribution in [1.82, 2.24) is 0 Å². The molecule has 2 aromatic carbocycles. The number of benzene rings is 2. The van der Waals surface area contributed by atoms with Crippen LogP contribution < -0.4 is 4.74 Å². The molecule has 0 bridgehead atoms. The Morgan fingerprint density at radius 1 is 1.15 bits per heavy atom. The van der Waals surface area contributed by atoms with Gasteiger partial charge in [-0.15, -0.1) is 11.3 Å². The van der Waals surface area contributed by atoms with E-state index in [-0.39, 0.29) is 0 Å². The third-order valence-electron chi connectivity index (χ3n) is 3.70. The van der Waals surface area contributed by atoms with Crippen LogP contribution in [0.25, 0.3) is 21.9 Å². The van der Waals surface area contributed by atoms with Crippen molar-refractivity contribution in [2.45, 2.75) is 6.10 Å². The summed E-state index contributed by atoms with van der Waals surface area (Å²) in [5, 5.41) is 4.61. The van der Waals surface area contributed by atoms with E-state index in [0.29, 0.717) is 6.10 Å². The molecule has 2 heterocycles. The Balaban J connectivity index is 1.92. The van der Waals surface area contributed by atoms with Crippen molar-refractivity contribution < 1.29 is 9.47 Å². The maximum absolute atomic E-state index is 5.45. The monoisotopic (exact) mass is 282 g/mol. The number of fused-ring (bicyclic) bond motifs is 1. The topological polar surface area (TPSA) is 21.8 Å². The minimum atomic E-state index is 0.304. The largest absolute Gasteiger partial charge is 0.497 e. The minimum absolute atomic E-state index is 0.304. The Morgan fingerprint density at radius 3 is 2.85 bits per heavy atom. The van der Waals surface area contributed by atoms with Gasteiger partial charge in [-0.05, 0) is 45.5 Å². The third-order valence-corrected chi connectivity index (χ3v) is 4.71. The van der Waals surface area contributed by atoms with Gasteiger partial charge in [0.05, 0.1) is 13.7 Å². The summed E-state index contributed by atoms with van der Waals surface area (Å²) in [7, 11) is 1.70. The Morgan fingerprint density at radius 2 is 2.05 bits per heavy atom. The van der Waals surface area contributed by atoms with E-state index < -0.39 is 0 Å². The number of hydrogen-bond acceptors (Lipinski definition) is 3. The summed E-state index contributed by atoms with van der Waals surface area (Å²) >= 11 is 1.78. The minimum Gasteiger partial charge on any atom is -0.497 e. The first-order valence-electron chi connectivity index (χ1n) is 6.63. The van der Waals surface area contributed by atoms with Gasteiger partial charge in [0.2, 0.25) is 0 Å². The van der Waals surface area contributed by atoms with Crippen LogP contribution in [-0.4, -0.2) is 13.7 Å².